The first kappa shape index (κ1) is 23.3. The van der Waals surface area contributed by atoms with Gasteiger partial charge in [0.1, 0.15) is 30.5 Å². The Morgan fingerprint density at radius 1 is 1.03 bits per heavy atom. The molecule has 0 aliphatic rings. The fraction of sp³-hybridized carbons (Fsp3) is 0.368. The van der Waals surface area contributed by atoms with Gasteiger partial charge in [0, 0.05) is 6.07 Å². The molecule has 0 spiro atoms. The Morgan fingerprint density at radius 2 is 1.69 bits per heavy atom. The first-order chi connectivity index (χ1) is 13.7. The molecule has 2 aromatic rings. The first-order valence-corrected chi connectivity index (χ1v) is 10.4. The van der Waals surface area contributed by atoms with E-state index in [1.54, 1.807) is 24.3 Å². The van der Waals surface area contributed by atoms with E-state index < -0.39 is 26.6 Å². The number of rotatable bonds is 12. The summed E-state index contributed by atoms with van der Waals surface area (Å²) in [5.41, 5.74) is 5.59. The summed E-state index contributed by atoms with van der Waals surface area (Å²) in [4.78, 5) is 17.5. The Bertz CT molecular complexity index is 814. The van der Waals surface area contributed by atoms with Gasteiger partial charge in [-0.25, -0.2) is 8.96 Å². The number of halogens is 1. The summed E-state index contributed by atoms with van der Waals surface area (Å²) < 4.78 is 39.2. The zero-order valence-electron chi connectivity index (χ0n) is 15.7. The summed E-state index contributed by atoms with van der Waals surface area (Å²) in [5.74, 6) is 0.693. The van der Waals surface area contributed by atoms with Crippen LogP contribution in [0.5, 0.6) is 11.5 Å². The van der Waals surface area contributed by atoms with Crippen LogP contribution in [0.25, 0.3) is 0 Å². The third kappa shape index (κ3) is 8.91. The van der Waals surface area contributed by atoms with Gasteiger partial charge in [0.05, 0.1) is 18.8 Å². The lowest BCUT2D eigenvalue weighted by Gasteiger charge is -2.27. The number of phosphoric acid groups is 1. The van der Waals surface area contributed by atoms with Crippen LogP contribution in [-0.2, 0) is 15.5 Å². The molecule has 0 fully saturated rings. The van der Waals surface area contributed by atoms with Crippen molar-refractivity contribution in [2.24, 2.45) is 5.73 Å². The van der Waals surface area contributed by atoms with Crippen molar-refractivity contribution < 1.29 is 37.8 Å². The number of aliphatic hydroxyl groups excluding tert-OH is 1. The second-order valence-electron chi connectivity index (χ2n) is 6.58. The summed E-state index contributed by atoms with van der Waals surface area (Å²) in [6, 6.07) is 13.0. The molecule has 1 atom stereocenters. The normalized spacial score (nSPS) is 13.7. The molecule has 0 aliphatic heterocycles. The SMILES string of the molecule is N[C@](CO)(CCc1ccc(OCCOc2cccc(F)c2)cc1)COP(=O)(O)O. The van der Waals surface area contributed by atoms with Gasteiger partial charge in [0.25, 0.3) is 0 Å². The van der Waals surface area contributed by atoms with Crippen LogP contribution in [0.15, 0.2) is 48.5 Å². The molecule has 0 bridgehead atoms. The molecule has 0 heterocycles. The summed E-state index contributed by atoms with van der Waals surface area (Å²) >= 11 is 0. The van der Waals surface area contributed by atoms with Gasteiger partial charge in [-0.1, -0.05) is 18.2 Å². The van der Waals surface area contributed by atoms with Crippen LogP contribution in [-0.4, -0.2) is 46.9 Å². The minimum Gasteiger partial charge on any atom is -0.490 e. The van der Waals surface area contributed by atoms with Gasteiger partial charge in [-0.2, -0.15) is 0 Å². The molecule has 0 saturated carbocycles. The van der Waals surface area contributed by atoms with Crippen molar-refractivity contribution in [2.45, 2.75) is 18.4 Å². The lowest BCUT2D eigenvalue weighted by atomic mass is 9.94. The maximum absolute atomic E-state index is 13.1. The molecule has 8 nitrogen and oxygen atoms in total. The maximum Gasteiger partial charge on any atom is 0.469 e. The van der Waals surface area contributed by atoms with E-state index in [1.807, 2.05) is 12.1 Å². The highest BCUT2D eigenvalue weighted by Crippen LogP contribution is 2.36. The molecule has 29 heavy (non-hydrogen) atoms. The molecule has 0 aromatic heterocycles. The zero-order chi connectivity index (χ0) is 21.3. The van der Waals surface area contributed by atoms with E-state index in [1.165, 1.54) is 12.1 Å². The Morgan fingerprint density at radius 3 is 2.28 bits per heavy atom. The quantitative estimate of drug-likeness (QED) is 0.298. The van der Waals surface area contributed by atoms with Gasteiger partial charge in [0.15, 0.2) is 0 Å². The predicted molar refractivity (Wildman–Crippen MR) is 104 cm³/mol. The van der Waals surface area contributed by atoms with Crippen molar-refractivity contribution in [3.8, 4) is 11.5 Å². The highest BCUT2D eigenvalue weighted by atomic mass is 31.2. The summed E-state index contributed by atoms with van der Waals surface area (Å²) in [7, 11) is -4.65. The Balaban J connectivity index is 1.75. The van der Waals surface area contributed by atoms with Crippen LogP contribution >= 0.6 is 7.82 Å². The number of benzene rings is 2. The topological polar surface area (TPSA) is 131 Å². The lowest BCUT2D eigenvalue weighted by Crippen LogP contribution is -2.48. The van der Waals surface area contributed by atoms with Crippen molar-refractivity contribution in [1.82, 2.24) is 0 Å². The molecule has 0 aliphatic carbocycles. The first-order valence-electron chi connectivity index (χ1n) is 8.89. The molecule has 2 aromatic carbocycles. The summed E-state index contributed by atoms with van der Waals surface area (Å²) in [6.07, 6.45) is 0.746. The third-order valence-corrected chi connectivity index (χ3v) is 4.55. The second kappa shape index (κ2) is 10.7. The average Bonchev–Trinajstić information content (AvgIpc) is 2.69. The van der Waals surface area contributed by atoms with Gasteiger partial charge in [-0.3, -0.25) is 4.52 Å². The number of phosphoric ester groups is 1. The summed E-state index contributed by atoms with van der Waals surface area (Å²) in [5, 5.41) is 9.41. The monoisotopic (exact) mass is 429 g/mol. The highest BCUT2D eigenvalue weighted by molar-refractivity contribution is 7.46. The van der Waals surface area contributed by atoms with E-state index in [2.05, 4.69) is 4.52 Å². The number of ether oxygens (including phenoxy) is 2. The molecular formula is C19H25FNO7P. The van der Waals surface area contributed by atoms with Crippen LogP contribution in [0.3, 0.4) is 0 Å². The Kier molecular flexibility index (Phi) is 8.58. The van der Waals surface area contributed by atoms with Gasteiger partial charge in [-0.15, -0.1) is 0 Å². The van der Waals surface area contributed by atoms with E-state index in [9.17, 15) is 14.1 Å². The molecule has 5 N–H and O–H groups in total. The molecule has 0 saturated heterocycles. The van der Waals surface area contributed by atoms with E-state index in [0.29, 0.717) is 17.9 Å². The molecule has 0 radical (unpaired) electrons. The van der Waals surface area contributed by atoms with Crippen LogP contribution in [0, 0.1) is 5.82 Å². The van der Waals surface area contributed by atoms with E-state index in [4.69, 9.17) is 25.0 Å². The van der Waals surface area contributed by atoms with Crippen molar-refractivity contribution in [1.29, 1.82) is 0 Å². The molecular weight excluding hydrogens is 404 g/mol. The van der Waals surface area contributed by atoms with E-state index >= 15 is 0 Å². The molecule has 0 unspecified atom stereocenters. The number of aliphatic hydroxyl groups is 1. The minimum atomic E-state index is -4.65. The molecule has 160 valence electrons. The lowest BCUT2D eigenvalue weighted by molar-refractivity contribution is 0.102. The van der Waals surface area contributed by atoms with Crippen molar-refractivity contribution in [3.05, 3.63) is 59.9 Å². The van der Waals surface area contributed by atoms with E-state index in [-0.39, 0.29) is 25.5 Å². The second-order valence-corrected chi connectivity index (χ2v) is 7.82. The van der Waals surface area contributed by atoms with Crippen molar-refractivity contribution in [2.75, 3.05) is 26.4 Å². The van der Waals surface area contributed by atoms with Crippen LogP contribution < -0.4 is 15.2 Å². The predicted octanol–water partition coefficient (Wildman–Crippen LogP) is 2.02. The molecule has 2 rings (SSSR count). The van der Waals surface area contributed by atoms with E-state index in [0.717, 1.165) is 5.56 Å². The number of hydrogen-bond acceptors (Lipinski definition) is 6. The minimum absolute atomic E-state index is 0.261. The molecule has 10 heteroatoms. The highest BCUT2D eigenvalue weighted by Gasteiger charge is 2.28. The summed E-state index contributed by atoms with van der Waals surface area (Å²) in [6.45, 7) is -0.386. The fourth-order valence-electron chi connectivity index (χ4n) is 2.43. The van der Waals surface area contributed by atoms with Crippen LogP contribution in [0.4, 0.5) is 4.39 Å². The Labute approximate surface area is 168 Å². The third-order valence-electron chi connectivity index (χ3n) is 4.09. The van der Waals surface area contributed by atoms with Crippen LogP contribution in [0.2, 0.25) is 0 Å². The van der Waals surface area contributed by atoms with Crippen molar-refractivity contribution in [3.63, 3.8) is 0 Å². The average molecular weight is 429 g/mol. The van der Waals surface area contributed by atoms with Crippen molar-refractivity contribution >= 4 is 7.82 Å². The number of aryl methyl sites for hydroxylation is 1. The van der Waals surface area contributed by atoms with Gasteiger partial charge in [0.2, 0.25) is 0 Å². The van der Waals surface area contributed by atoms with Gasteiger partial charge < -0.3 is 30.1 Å². The smallest absolute Gasteiger partial charge is 0.469 e. The van der Waals surface area contributed by atoms with Crippen LogP contribution in [0.1, 0.15) is 12.0 Å². The number of hydrogen-bond donors (Lipinski definition) is 4. The zero-order valence-corrected chi connectivity index (χ0v) is 16.6. The van der Waals surface area contributed by atoms with Gasteiger partial charge >= 0.3 is 7.82 Å². The van der Waals surface area contributed by atoms with Gasteiger partial charge in [-0.05, 0) is 42.7 Å². The Hall–Kier alpha value is -2.00. The molecule has 0 amide bonds. The fourth-order valence-corrected chi connectivity index (χ4v) is 2.86. The maximum atomic E-state index is 13.1. The standard InChI is InChI=1S/C19H25FNO7P/c20-16-2-1-3-18(12-16)27-11-10-26-17-6-4-15(5-7-17)8-9-19(21,13-22)14-28-29(23,24)25/h1-7,12,22H,8-11,13-14,21H2,(H2,23,24,25)/t19-/m0/s1. The largest absolute Gasteiger partial charge is 0.490 e. The number of nitrogens with two attached hydrogens (primary N) is 1.